The Morgan fingerprint density at radius 3 is 2.56 bits per heavy atom. The number of hydrogen-bond donors (Lipinski definition) is 0. The van der Waals surface area contributed by atoms with Crippen LogP contribution in [0.1, 0.15) is 19.8 Å². The van der Waals surface area contributed by atoms with Crippen molar-refractivity contribution in [2.24, 2.45) is 5.92 Å². The molecule has 1 saturated carbocycles. The molecule has 0 aromatic carbocycles. The van der Waals surface area contributed by atoms with Crippen LogP contribution in [-0.4, -0.2) is 24.4 Å². The first-order valence-corrected chi connectivity index (χ1v) is 3.42. The number of amides is 1. The summed E-state index contributed by atoms with van der Waals surface area (Å²) in [4.78, 5) is 12.4. The van der Waals surface area contributed by atoms with Crippen LogP contribution in [0.5, 0.6) is 0 Å². The van der Waals surface area contributed by atoms with Crippen molar-refractivity contribution in [2.45, 2.75) is 19.8 Å². The van der Waals surface area contributed by atoms with Crippen molar-refractivity contribution < 1.29 is 4.79 Å². The molecule has 0 atom stereocenters. The van der Waals surface area contributed by atoms with E-state index in [9.17, 15) is 4.79 Å². The summed E-state index contributed by atoms with van der Waals surface area (Å²) in [5.41, 5.74) is 0. The third-order valence-electron chi connectivity index (χ3n) is 1.77. The second kappa shape index (κ2) is 2.38. The highest BCUT2D eigenvalue weighted by atomic mass is 16.2. The Hall–Kier alpha value is -0.530. The number of hydrogen-bond acceptors (Lipinski definition) is 1. The van der Waals surface area contributed by atoms with Crippen LogP contribution in [0.15, 0.2) is 0 Å². The molecule has 0 unspecified atom stereocenters. The predicted molar refractivity (Wildman–Crippen MR) is 36.0 cm³/mol. The molecule has 0 N–H and O–H groups in total. The minimum Gasteiger partial charge on any atom is -0.346 e. The lowest BCUT2D eigenvalue weighted by Crippen LogP contribution is -2.25. The Morgan fingerprint density at radius 1 is 1.67 bits per heavy atom. The summed E-state index contributed by atoms with van der Waals surface area (Å²) in [6, 6.07) is 0. The van der Waals surface area contributed by atoms with Gasteiger partial charge in [-0.3, -0.25) is 4.79 Å². The molecule has 1 rings (SSSR count). The molecule has 1 amide bonds. The number of carbonyl (C=O) groups is 1. The first-order chi connectivity index (χ1) is 4.20. The van der Waals surface area contributed by atoms with Crippen LogP contribution in [0.4, 0.5) is 0 Å². The highest BCUT2D eigenvalue weighted by Crippen LogP contribution is 2.29. The van der Waals surface area contributed by atoms with Crippen LogP contribution in [0.3, 0.4) is 0 Å². The monoisotopic (exact) mass is 127 g/mol. The minimum atomic E-state index is 0.182. The molecule has 0 spiro atoms. The third kappa shape index (κ3) is 2.04. The SMILES string of the molecule is CC(=O)N(C)CC1CC1. The normalized spacial score (nSPS) is 17.6. The van der Waals surface area contributed by atoms with E-state index in [0.29, 0.717) is 0 Å². The fourth-order valence-electron chi connectivity index (χ4n) is 0.816. The fourth-order valence-corrected chi connectivity index (χ4v) is 0.816. The van der Waals surface area contributed by atoms with E-state index in [1.807, 2.05) is 7.05 Å². The molecule has 0 aliphatic heterocycles. The molecule has 0 heterocycles. The number of carbonyl (C=O) groups excluding carboxylic acids is 1. The van der Waals surface area contributed by atoms with Gasteiger partial charge < -0.3 is 4.90 Å². The summed E-state index contributed by atoms with van der Waals surface area (Å²) in [7, 11) is 1.86. The van der Waals surface area contributed by atoms with Crippen LogP contribution >= 0.6 is 0 Å². The largest absolute Gasteiger partial charge is 0.346 e. The van der Waals surface area contributed by atoms with Gasteiger partial charge in [0.25, 0.3) is 0 Å². The quantitative estimate of drug-likeness (QED) is 0.539. The summed E-state index contributed by atoms with van der Waals surface area (Å²) in [5.74, 6) is 1.00. The van der Waals surface area contributed by atoms with Crippen molar-refractivity contribution >= 4 is 5.91 Å². The summed E-state index contributed by atoms with van der Waals surface area (Å²) in [6.45, 7) is 2.58. The van der Waals surface area contributed by atoms with E-state index in [2.05, 4.69) is 0 Å². The highest BCUT2D eigenvalue weighted by molar-refractivity contribution is 5.72. The Balaban J connectivity index is 2.16. The molecule has 0 bridgehead atoms. The molecular weight excluding hydrogens is 114 g/mol. The maximum atomic E-state index is 10.6. The van der Waals surface area contributed by atoms with Gasteiger partial charge in [0.05, 0.1) is 0 Å². The lowest BCUT2D eigenvalue weighted by atomic mass is 10.4. The zero-order valence-electron chi connectivity index (χ0n) is 6.05. The first-order valence-electron chi connectivity index (χ1n) is 3.42. The fraction of sp³-hybridized carbons (Fsp3) is 0.857. The van der Waals surface area contributed by atoms with Gasteiger partial charge in [-0.25, -0.2) is 0 Å². The third-order valence-corrected chi connectivity index (χ3v) is 1.77. The maximum absolute atomic E-state index is 10.6. The van der Waals surface area contributed by atoms with Crippen molar-refractivity contribution in [1.29, 1.82) is 0 Å². The molecule has 1 aliphatic rings. The topological polar surface area (TPSA) is 20.3 Å². The minimum absolute atomic E-state index is 0.182. The van der Waals surface area contributed by atoms with Crippen LogP contribution in [0, 0.1) is 5.92 Å². The summed E-state index contributed by atoms with van der Waals surface area (Å²) in [6.07, 6.45) is 2.63. The van der Waals surface area contributed by atoms with E-state index in [0.717, 1.165) is 12.5 Å². The average molecular weight is 127 g/mol. The van der Waals surface area contributed by atoms with E-state index in [1.54, 1.807) is 11.8 Å². The Bertz CT molecular complexity index is 118. The van der Waals surface area contributed by atoms with Gasteiger partial charge in [-0.1, -0.05) is 0 Å². The van der Waals surface area contributed by atoms with Crippen LogP contribution in [0.2, 0.25) is 0 Å². The molecule has 0 radical (unpaired) electrons. The molecule has 1 aliphatic carbocycles. The maximum Gasteiger partial charge on any atom is 0.219 e. The van der Waals surface area contributed by atoms with E-state index < -0.39 is 0 Å². The Morgan fingerprint density at radius 2 is 2.22 bits per heavy atom. The van der Waals surface area contributed by atoms with Gasteiger partial charge in [0.2, 0.25) is 5.91 Å². The smallest absolute Gasteiger partial charge is 0.219 e. The van der Waals surface area contributed by atoms with Gasteiger partial charge in [-0.05, 0) is 18.8 Å². The zero-order valence-corrected chi connectivity index (χ0v) is 6.05. The molecule has 2 heteroatoms. The first kappa shape index (κ1) is 6.59. The van der Waals surface area contributed by atoms with Crippen LogP contribution in [-0.2, 0) is 4.79 Å². The Kier molecular flexibility index (Phi) is 1.74. The highest BCUT2D eigenvalue weighted by Gasteiger charge is 2.23. The summed E-state index contributed by atoms with van der Waals surface area (Å²) >= 11 is 0. The van der Waals surface area contributed by atoms with Gasteiger partial charge in [-0.2, -0.15) is 0 Å². The lowest BCUT2D eigenvalue weighted by Gasteiger charge is -2.12. The van der Waals surface area contributed by atoms with E-state index >= 15 is 0 Å². The van der Waals surface area contributed by atoms with Crippen molar-refractivity contribution in [3.63, 3.8) is 0 Å². The molecule has 0 aromatic rings. The van der Waals surface area contributed by atoms with Gasteiger partial charge in [0, 0.05) is 20.5 Å². The molecule has 0 aromatic heterocycles. The van der Waals surface area contributed by atoms with Gasteiger partial charge in [0.1, 0.15) is 0 Å². The van der Waals surface area contributed by atoms with Crippen molar-refractivity contribution in [1.82, 2.24) is 4.90 Å². The number of nitrogens with zero attached hydrogens (tertiary/aromatic N) is 1. The van der Waals surface area contributed by atoms with Gasteiger partial charge >= 0.3 is 0 Å². The van der Waals surface area contributed by atoms with E-state index in [-0.39, 0.29) is 5.91 Å². The van der Waals surface area contributed by atoms with Crippen molar-refractivity contribution in [3.8, 4) is 0 Å². The number of rotatable bonds is 2. The molecule has 9 heavy (non-hydrogen) atoms. The predicted octanol–water partition coefficient (Wildman–Crippen LogP) is 0.875. The molecule has 0 saturated heterocycles. The standard InChI is InChI=1S/C7H13NO/c1-6(9)8(2)5-7-3-4-7/h7H,3-5H2,1-2H3. The summed E-state index contributed by atoms with van der Waals surface area (Å²) in [5, 5.41) is 0. The van der Waals surface area contributed by atoms with Gasteiger partial charge in [0.15, 0.2) is 0 Å². The Labute approximate surface area is 55.8 Å². The molecule has 52 valence electrons. The van der Waals surface area contributed by atoms with Gasteiger partial charge in [-0.15, -0.1) is 0 Å². The summed E-state index contributed by atoms with van der Waals surface area (Å²) < 4.78 is 0. The lowest BCUT2D eigenvalue weighted by molar-refractivity contribution is -0.127. The second-order valence-electron chi connectivity index (χ2n) is 2.84. The van der Waals surface area contributed by atoms with E-state index in [4.69, 9.17) is 0 Å². The molecule has 2 nitrogen and oxygen atoms in total. The average Bonchev–Trinajstić information content (AvgIpc) is 2.50. The molecule has 1 fully saturated rings. The molecular formula is C7H13NO. The zero-order chi connectivity index (χ0) is 6.85. The van der Waals surface area contributed by atoms with Crippen LogP contribution in [0.25, 0.3) is 0 Å². The van der Waals surface area contributed by atoms with Crippen molar-refractivity contribution in [2.75, 3.05) is 13.6 Å². The second-order valence-corrected chi connectivity index (χ2v) is 2.84. The van der Waals surface area contributed by atoms with Crippen LogP contribution < -0.4 is 0 Å². The van der Waals surface area contributed by atoms with E-state index in [1.165, 1.54) is 12.8 Å². The van der Waals surface area contributed by atoms with Crippen molar-refractivity contribution in [3.05, 3.63) is 0 Å².